The number of likely N-dealkylation sites (tertiary alicyclic amines) is 1. The van der Waals surface area contributed by atoms with E-state index in [4.69, 9.17) is 4.74 Å². The Morgan fingerprint density at radius 3 is 2.62 bits per heavy atom. The number of fused-ring (bicyclic) bond motifs is 1. The second-order valence-corrected chi connectivity index (χ2v) is 8.15. The lowest BCUT2D eigenvalue weighted by Crippen LogP contribution is -2.35. The summed E-state index contributed by atoms with van der Waals surface area (Å²) in [5.41, 5.74) is 2.44. The molecule has 168 valence electrons. The van der Waals surface area contributed by atoms with Crippen LogP contribution in [0, 0.1) is 0 Å². The molecule has 0 spiro atoms. The van der Waals surface area contributed by atoms with Crippen LogP contribution in [0.5, 0.6) is 5.75 Å². The molecule has 1 heterocycles. The molecule has 1 aliphatic rings. The molecule has 1 unspecified atom stereocenters. The van der Waals surface area contributed by atoms with Gasteiger partial charge < -0.3 is 15.2 Å². The van der Waals surface area contributed by atoms with Gasteiger partial charge in [0.15, 0.2) is 0 Å². The fraction of sp³-hybridized carbons (Fsp3) is 0.320. The molecule has 0 bridgehead atoms. The molecule has 2 N–H and O–H groups in total. The minimum atomic E-state index is -2.68. The highest BCUT2D eigenvalue weighted by molar-refractivity contribution is 5.99. The quantitative estimate of drug-likeness (QED) is 0.584. The number of carbonyl (C=O) groups excluding carboxylic acids is 1. The first-order chi connectivity index (χ1) is 15.3. The van der Waals surface area contributed by atoms with Crippen LogP contribution in [0.3, 0.4) is 0 Å². The highest BCUT2D eigenvalue weighted by Gasteiger charge is 2.38. The summed E-state index contributed by atoms with van der Waals surface area (Å²) in [7, 11) is 1.59. The van der Waals surface area contributed by atoms with Crippen molar-refractivity contribution < 1.29 is 23.4 Å². The second kappa shape index (κ2) is 9.22. The number of β-amino-alcohol motifs (C(OH)–C–C–N with tert-alkyl or cyclic N) is 1. The fourth-order valence-electron chi connectivity index (χ4n) is 4.06. The molecule has 0 aromatic heterocycles. The maximum Gasteiger partial charge on any atom is 0.261 e. The van der Waals surface area contributed by atoms with E-state index in [1.165, 1.54) is 0 Å². The van der Waals surface area contributed by atoms with Gasteiger partial charge in [-0.1, -0.05) is 36.4 Å². The minimum absolute atomic E-state index is 0.00939. The van der Waals surface area contributed by atoms with Crippen LogP contribution < -0.4 is 10.1 Å². The van der Waals surface area contributed by atoms with Crippen LogP contribution >= 0.6 is 0 Å². The molecule has 32 heavy (non-hydrogen) atoms. The predicted octanol–water partition coefficient (Wildman–Crippen LogP) is 3.95. The normalized spacial score (nSPS) is 16.8. The number of aliphatic hydroxyl groups is 1. The molecule has 5 nitrogen and oxygen atoms in total. The number of alkyl halides is 2. The molecule has 7 heteroatoms. The molecular weight excluding hydrogens is 414 g/mol. The number of benzene rings is 3. The Labute approximate surface area is 185 Å². The number of hydrogen-bond acceptors (Lipinski definition) is 4. The maximum atomic E-state index is 13.4. The average molecular weight is 440 g/mol. The number of amides is 1. The Kier molecular flexibility index (Phi) is 6.39. The van der Waals surface area contributed by atoms with E-state index < -0.39 is 12.0 Å². The number of nitrogens with one attached hydrogen (secondary N) is 1. The van der Waals surface area contributed by atoms with Crippen molar-refractivity contribution in [3.63, 3.8) is 0 Å². The largest absolute Gasteiger partial charge is 0.491 e. The van der Waals surface area contributed by atoms with Crippen molar-refractivity contribution in [3.05, 3.63) is 66.2 Å². The molecule has 1 amide bonds. The molecule has 0 saturated carbocycles. The third kappa shape index (κ3) is 5.06. The highest BCUT2D eigenvalue weighted by atomic mass is 19.3. The molecule has 1 atom stereocenters. The van der Waals surface area contributed by atoms with Gasteiger partial charge in [0, 0.05) is 32.1 Å². The van der Waals surface area contributed by atoms with Gasteiger partial charge in [-0.25, -0.2) is 8.78 Å². The molecular formula is C25H26F2N2O3. The molecule has 0 aliphatic carbocycles. The summed E-state index contributed by atoms with van der Waals surface area (Å²) in [6.45, 7) is 0.110. The smallest absolute Gasteiger partial charge is 0.261 e. The zero-order valence-electron chi connectivity index (χ0n) is 17.9. The topological polar surface area (TPSA) is 61.8 Å². The Balaban J connectivity index is 1.52. The van der Waals surface area contributed by atoms with E-state index in [-0.39, 0.29) is 38.6 Å². The zero-order chi connectivity index (χ0) is 22.7. The van der Waals surface area contributed by atoms with Gasteiger partial charge in [0.05, 0.1) is 6.54 Å². The van der Waals surface area contributed by atoms with Crippen molar-refractivity contribution in [3.8, 4) is 16.9 Å². The number of halogens is 2. The summed E-state index contributed by atoms with van der Waals surface area (Å²) in [5.74, 6) is -2.25. The lowest BCUT2D eigenvalue weighted by molar-refractivity contribution is 0.00460. The zero-order valence-corrected chi connectivity index (χ0v) is 17.9. The number of carbonyl (C=O) groups is 1. The summed E-state index contributed by atoms with van der Waals surface area (Å²) in [6, 6.07) is 19.0. The van der Waals surface area contributed by atoms with Crippen molar-refractivity contribution in [2.45, 2.75) is 18.4 Å². The molecule has 3 aromatic rings. The summed E-state index contributed by atoms with van der Waals surface area (Å²) in [4.78, 5) is 13.4. The van der Waals surface area contributed by atoms with Crippen LogP contribution in [0.15, 0.2) is 60.7 Å². The van der Waals surface area contributed by atoms with Gasteiger partial charge in [-0.2, -0.15) is 0 Å². The van der Waals surface area contributed by atoms with Gasteiger partial charge in [-0.05, 0) is 46.2 Å². The van der Waals surface area contributed by atoms with Gasteiger partial charge in [0.1, 0.15) is 18.5 Å². The summed E-state index contributed by atoms with van der Waals surface area (Å²) >= 11 is 0. The van der Waals surface area contributed by atoms with Gasteiger partial charge >= 0.3 is 0 Å². The fourth-order valence-corrected chi connectivity index (χ4v) is 4.06. The van der Waals surface area contributed by atoms with Crippen molar-refractivity contribution in [2.75, 3.05) is 33.3 Å². The van der Waals surface area contributed by atoms with Crippen LogP contribution in [0.4, 0.5) is 8.78 Å². The van der Waals surface area contributed by atoms with E-state index in [1.54, 1.807) is 24.1 Å². The van der Waals surface area contributed by atoms with Crippen molar-refractivity contribution in [1.29, 1.82) is 0 Å². The lowest BCUT2D eigenvalue weighted by Gasteiger charge is -2.20. The predicted molar refractivity (Wildman–Crippen MR) is 120 cm³/mol. The number of nitrogens with zero attached hydrogens (tertiary/aromatic N) is 1. The third-order valence-electron chi connectivity index (χ3n) is 5.68. The second-order valence-electron chi connectivity index (χ2n) is 8.15. The van der Waals surface area contributed by atoms with E-state index in [0.717, 1.165) is 21.9 Å². The summed E-state index contributed by atoms with van der Waals surface area (Å²) in [5, 5.41) is 14.9. The maximum absolute atomic E-state index is 13.4. The van der Waals surface area contributed by atoms with Crippen LogP contribution in [0.1, 0.15) is 16.8 Å². The Hall–Kier alpha value is -3.03. The van der Waals surface area contributed by atoms with Crippen LogP contribution in [0.25, 0.3) is 21.9 Å². The van der Waals surface area contributed by atoms with Gasteiger partial charge in [-0.15, -0.1) is 0 Å². The summed E-state index contributed by atoms with van der Waals surface area (Å²) < 4.78 is 32.6. The first-order valence-electron chi connectivity index (χ1n) is 10.6. The lowest BCUT2D eigenvalue weighted by atomic mass is 9.97. The number of rotatable bonds is 7. The molecule has 1 saturated heterocycles. The Bertz CT molecular complexity index is 1100. The van der Waals surface area contributed by atoms with Gasteiger partial charge in [-0.3, -0.25) is 9.69 Å². The minimum Gasteiger partial charge on any atom is -0.491 e. The standard InChI is InChI=1S/C25H26F2N2O3/c1-28-24(31)18-8-6-17(7-9-18)23-13-21(12-19-4-2-3-5-22(19)23)32-15-20(30)14-29-11-10-25(26,27)16-29/h2-9,12-13,20,30H,10-11,14-16H2,1H3,(H,28,31). The molecule has 3 aromatic carbocycles. The third-order valence-corrected chi connectivity index (χ3v) is 5.68. The molecule has 1 aliphatic heterocycles. The van der Waals surface area contributed by atoms with Crippen LogP contribution in [-0.4, -0.2) is 61.2 Å². The van der Waals surface area contributed by atoms with E-state index >= 15 is 0 Å². The van der Waals surface area contributed by atoms with Crippen molar-refractivity contribution in [2.24, 2.45) is 0 Å². The first kappa shape index (κ1) is 22.2. The Morgan fingerprint density at radius 1 is 1.19 bits per heavy atom. The van der Waals surface area contributed by atoms with E-state index in [9.17, 15) is 18.7 Å². The number of hydrogen-bond donors (Lipinski definition) is 2. The van der Waals surface area contributed by atoms with E-state index in [1.807, 2.05) is 48.5 Å². The van der Waals surface area contributed by atoms with Gasteiger partial charge in [0.25, 0.3) is 11.8 Å². The molecule has 4 rings (SSSR count). The number of aliphatic hydroxyl groups excluding tert-OH is 1. The molecule has 1 fully saturated rings. The SMILES string of the molecule is CNC(=O)c1ccc(-c2cc(OCC(O)CN3CCC(F)(F)C3)cc3ccccc23)cc1. The molecule has 0 radical (unpaired) electrons. The first-order valence-corrected chi connectivity index (χ1v) is 10.6. The van der Waals surface area contributed by atoms with Crippen molar-refractivity contribution >= 4 is 16.7 Å². The monoisotopic (exact) mass is 440 g/mol. The van der Waals surface area contributed by atoms with Crippen molar-refractivity contribution in [1.82, 2.24) is 10.2 Å². The van der Waals surface area contributed by atoms with Crippen LogP contribution in [0.2, 0.25) is 0 Å². The number of ether oxygens (including phenoxy) is 1. The van der Waals surface area contributed by atoms with Crippen LogP contribution in [-0.2, 0) is 0 Å². The van der Waals surface area contributed by atoms with Gasteiger partial charge in [0.2, 0.25) is 0 Å². The van der Waals surface area contributed by atoms with E-state index in [0.29, 0.717) is 11.3 Å². The Morgan fingerprint density at radius 2 is 1.94 bits per heavy atom. The highest BCUT2D eigenvalue weighted by Crippen LogP contribution is 2.33. The summed E-state index contributed by atoms with van der Waals surface area (Å²) in [6.07, 6.45) is -1.04. The van der Waals surface area contributed by atoms with E-state index in [2.05, 4.69) is 5.32 Å². The average Bonchev–Trinajstić information content (AvgIpc) is 3.14.